The summed E-state index contributed by atoms with van der Waals surface area (Å²) >= 11 is 0. The van der Waals surface area contributed by atoms with Crippen molar-refractivity contribution in [1.29, 1.82) is 0 Å². The predicted molar refractivity (Wildman–Crippen MR) is 116 cm³/mol. The van der Waals surface area contributed by atoms with E-state index in [-0.39, 0.29) is 11.3 Å². The van der Waals surface area contributed by atoms with Crippen molar-refractivity contribution in [1.82, 2.24) is 9.55 Å². The Morgan fingerprint density at radius 2 is 1.76 bits per heavy atom. The van der Waals surface area contributed by atoms with Gasteiger partial charge in [-0.3, -0.25) is 9.36 Å². The van der Waals surface area contributed by atoms with E-state index in [9.17, 15) is 9.90 Å². The summed E-state index contributed by atoms with van der Waals surface area (Å²) in [5.74, 6) is 1.03. The van der Waals surface area contributed by atoms with E-state index < -0.39 is 0 Å². The van der Waals surface area contributed by atoms with Crippen LogP contribution in [0.1, 0.15) is 18.3 Å². The molecule has 5 nitrogen and oxygen atoms in total. The molecule has 0 amide bonds. The third kappa shape index (κ3) is 3.75. The molecule has 1 heterocycles. The molecule has 0 radical (unpaired) electrons. The van der Waals surface area contributed by atoms with Crippen molar-refractivity contribution in [3.8, 4) is 17.2 Å². The predicted octanol–water partition coefficient (Wildman–Crippen LogP) is 4.66. The maximum atomic E-state index is 13.2. The summed E-state index contributed by atoms with van der Waals surface area (Å²) in [6.45, 7) is 2.32. The number of fused-ring (bicyclic) bond motifs is 1. The molecule has 1 N–H and O–H groups in total. The number of hydrogen-bond donors (Lipinski definition) is 1. The fourth-order valence-electron chi connectivity index (χ4n) is 3.16. The van der Waals surface area contributed by atoms with Crippen LogP contribution in [0.5, 0.6) is 11.5 Å². The summed E-state index contributed by atoms with van der Waals surface area (Å²) in [6, 6.07) is 21.9. The van der Waals surface area contributed by atoms with Crippen LogP contribution in [0.25, 0.3) is 28.7 Å². The smallest absolute Gasteiger partial charge is 0.266 e. The van der Waals surface area contributed by atoms with Gasteiger partial charge in [-0.25, -0.2) is 4.98 Å². The molecule has 0 spiro atoms. The highest BCUT2D eigenvalue weighted by Crippen LogP contribution is 2.27. The van der Waals surface area contributed by atoms with Crippen LogP contribution < -0.4 is 10.3 Å². The second-order valence-corrected chi connectivity index (χ2v) is 6.46. The number of phenols is 1. The Morgan fingerprint density at radius 3 is 2.55 bits per heavy atom. The van der Waals surface area contributed by atoms with Gasteiger partial charge in [0.25, 0.3) is 5.56 Å². The summed E-state index contributed by atoms with van der Waals surface area (Å²) in [6.07, 6.45) is 3.64. The maximum absolute atomic E-state index is 13.2. The molecule has 1 aromatic heterocycles. The van der Waals surface area contributed by atoms with Crippen LogP contribution in [0.2, 0.25) is 0 Å². The highest BCUT2D eigenvalue weighted by atomic mass is 16.5. The van der Waals surface area contributed by atoms with Crippen LogP contribution in [-0.4, -0.2) is 21.3 Å². The molecule has 0 aliphatic heterocycles. The van der Waals surface area contributed by atoms with Crippen molar-refractivity contribution in [2.75, 3.05) is 6.61 Å². The van der Waals surface area contributed by atoms with Crippen LogP contribution in [0.3, 0.4) is 0 Å². The fourth-order valence-corrected chi connectivity index (χ4v) is 3.16. The Morgan fingerprint density at radius 1 is 1.00 bits per heavy atom. The monoisotopic (exact) mass is 384 g/mol. The van der Waals surface area contributed by atoms with Gasteiger partial charge in [0.2, 0.25) is 0 Å². The normalized spacial score (nSPS) is 11.2. The van der Waals surface area contributed by atoms with E-state index in [0.717, 1.165) is 11.3 Å². The average Bonchev–Trinajstić information content (AvgIpc) is 2.75. The SMILES string of the molecule is CCOc1cc(/C=C/c2nc3ccccc3c(=O)n2-c2ccccc2)ccc1O. The molecule has 0 unspecified atom stereocenters. The van der Waals surface area contributed by atoms with E-state index in [4.69, 9.17) is 9.72 Å². The molecule has 0 aliphatic carbocycles. The van der Waals surface area contributed by atoms with Crippen molar-refractivity contribution in [3.63, 3.8) is 0 Å². The number of ether oxygens (including phenoxy) is 1. The van der Waals surface area contributed by atoms with Gasteiger partial charge in [0.15, 0.2) is 11.5 Å². The lowest BCUT2D eigenvalue weighted by Crippen LogP contribution is -2.22. The number of rotatable bonds is 5. The first-order chi connectivity index (χ1) is 14.2. The van der Waals surface area contributed by atoms with Gasteiger partial charge in [-0.1, -0.05) is 42.5 Å². The molecule has 0 saturated heterocycles. The first-order valence-corrected chi connectivity index (χ1v) is 9.38. The zero-order valence-electron chi connectivity index (χ0n) is 15.9. The van der Waals surface area contributed by atoms with Crippen LogP contribution >= 0.6 is 0 Å². The van der Waals surface area contributed by atoms with E-state index in [1.54, 1.807) is 34.9 Å². The number of aromatic nitrogens is 2. The van der Waals surface area contributed by atoms with E-state index in [0.29, 0.717) is 29.1 Å². The number of phenolic OH excluding ortho intramolecular Hbond substituents is 1. The third-order valence-electron chi connectivity index (χ3n) is 4.52. The third-order valence-corrected chi connectivity index (χ3v) is 4.52. The van der Waals surface area contributed by atoms with Crippen molar-refractivity contribution in [2.45, 2.75) is 6.92 Å². The second kappa shape index (κ2) is 8.02. The summed E-state index contributed by atoms with van der Waals surface area (Å²) in [5.41, 5.74) is 2.09. The lowest BCUT2D eigenvalue weighted by atomic mass is 10.1. The van der Waals surface area contributed by atoms with Gasteiger partial charge in [-0.2, -0.15) is 0 Å². The minimum atomic E-state index is -0.123. The summed E-state index contributed by atoms with van der Waals surface area (Å²) in [4.78, 5) is 17.9. The number of nitrogens with zero attached hydrogens (tertiary/aromatic N) is 2. The van der Waals surface area contributed by atoms with Crippen LogP contribution in [0, 0.1) is 0 Å². The van der Waals surface area contributed by atoms with E-state index >= 15 is 0 Å². The standard InChI is InChI=1S/C24H20N2O3/c1-2-29-22-16-17(12-14-21(22)27)13-15-23-25-20-11-7-6-10-19(20)24(28)26(23)18-8-4-3-5-9-18/h3-16,27H,2H2,1H3/b15-13+. The highest BCUT2D eigenvalue weighted by molar-refractivity contribution is 5.80. The molecule has 0 atom stereocenters. The summed E-state index contributed by atoms with van der Waals surface area (Å²) in [5, 5.41) is 10.5. The first-order valence-electron chi connectivity index (χ1n) is 9.38. The number of para-hydroxylation sites is 2. The van der Waals surface area contributed by atoms with Crippen molar-refractivity contribution in [2.24, 2.45) is 0 Å². The lowest BCUT2D eigenvalue weighted by molar-refractivity contribution is 0.318. The molecule has 3 aromatic carbocycles. The summed E-state index contributed by atoms with van der Waals surface area (Å²) < 4.78 is 7.04. The Hall–Kier alpha value is -3.86. The van der Waals surface area contributed by atoms with Crippen LogP contribution in [0.15, 0.2) is 77.6 Å². The molecule has 0 saturated carbocycles. The molecule has 144 valence electrons. The minimum absolute atomic E-state index is 0.0917. The average molecular weight is 384 g/mol. The van der Waals surface area contributed by atoms with Crippen LogP contribution in [0.4, 0.5) is 0 Å². The van der Waals surface area contributed by atoms with Crippen molar-refractivity contribution in [3.05, 3.63) is 94.5 Å². The molecule has 0 fully saturated rings. The van der Waals surface area contributed by atoms with E-state index in [1.807, 2.05) is 61.5 Å². The minimum Gasteiger partial charge on any atom is -0.504 e. The Labute approximate surface area is 168 Å². The van der Waals surface area contributed by atoms with Crippen molar-refractivity contribution >= 4 is 23.1 Å². The van der Waals surface area contributed by atoms with Gasteiger partial charge in [-0.15, -0.1) is 0 Å². The van der Waals surface area contributed by atoms with Gasteiger partial charge in [0.05, 0.1) is 23.2 Å². The van der Waals surface area contributed by atoms with Gasteiger partial charge in [0.1, 0.15) is 5.82 Å². The highest BCUT2D eigenvalue weighted by Gasteiger charge is 2.10. The first kappa shape index (κ1) is 18.5. The number of benzene rings is 3. The molecule has 4 aromatic rings. The maximum Gasteiger partial charge on any atom is 0.266 e. The quantitative estimate of drug-likeness (QED) is 0.543. The van der Waals surface area contributed by atoms with Gasteiger partial charge in [0, 0.05) is 0 Å². The van der Waals surface area contributed by atoms with Gasteiger partial charge < -0.3 is 9.84 Å². The molecule has 0 aliphatic rings. The molecule has 0 bridgehead atoms. The van der Waals surface area contributed by atoms with Crippen LogP contribution in [-0.2, 0) is 0 Å². The fraction of sp³-hybridized carbons (Fsp3) is 0.0833. The Kier molecular flexibility index (Phi) is 5.12. The summed E-state index contributed by atoms with van der Waals surface area (Å²) in [7, 11) is 0. The topological polar surface area (TPSA) is 64.3 Å². The van der Waals surface area contributed by atoms with E-state index in [2.05, 4.69) is 0 Å². The zero-order valence-corrected chi connectivity index (χ0v) is 15.9. The van der Waals surface area contributed by atoms with Crippen molar-refractivity contribution < 1.29 is 9.84 Å². The Bertz CT molecular complexity index is 1240. The van der Waals surface area contributed by atoms with E-state index in [1.165, 1.54) is 0 Å². The molecular weight excluding hydrogens is 364 g/mol. The molecule has 4 rings (SSSR count). The molecular formula is C24H20N2O3. The number of aromatic hydroxyl groups is 1. The molecule has 5 heteroatoms. The van der Waals surface area contributed by atoms with Gasteiger partial charge >= 0.3 is 0 Å². The number of hydrogen-bond acceptors (Lipinski definition) is 4. The van der Waals surface area contributed by atoms with Gasteiger partial charge in [-0.05, 0) is 55.0 Å². The largest absolute Gasteiger partial charge is 0.504 e. The second-order valence-electron chi connectivity index (χ2n) is 6.46. The lowest BCUT2D eigenvalue weighted by Gasteiger charge is -2.11. The zero-order chi connectivity index (χ0) is 20.2. The Balaban J connectivity index is 1.86. The molecule has 29 heavy (non-hydrogen) atoms.